The Kier molecular flexibility index (Phi) is 3.20. The summed E-state index contributed by atoms with van der Waals surface area (Å²) in [7, 11) is 0. The van der Waals surface area contributed by atoms with Crippen molar-refractivity contribution in [1.29, 1.82) is 0 Å². The Bertz CT molecular complexity index is 484. The predicted octanol–water partition coefficient (Wildman–Crippen LogP) is 3.60. The van der Waals surface area contributed by atoms with Crippen molar-refractivity contribution in [3.05, 3.63) is 60.2 Å². The molecule has 18 heavy (non-hydrogen) atoms. The minimum absolute atomic E-state index is 0.0920. The minimum atomic E-state index is -0.0920. The van der Waals surface area contributed by atoms with Gasteiger partial charge in [0.2, 0.25) is 0 Å². The van der Waals surface area contributed by atoms with Crippen LogP contribution in [0.25, 0.3) is 0 Å². The third-order valence-corrected chi connectivity index (χ3v) is 4.99. The highest BCUT2D eigenvalue weighted by atomic mass is 14.9. The molecular formula is C17H23N. The Morgan fingerprint density at radius 3 is 2.50 bits per heavy atom. The molecule has 1 saturated carbocycles. The van der Waals surface area contributed by atoms with Crippen LogP contribution in [0, 0.1) is 5.92 Å². The van der Waals surface area contributed by atoms with Gasteiger partial charge in [0.05, 0.1) is 0 Å². The Morgan fingerprint density at radius 1 is 1.33 bits per heavy atom. The molecule has 1 aliphatic rings. The van der Waals surface area contributed by atoms with E-state index in [0.29, 0.717) is 5.92 Å². The summed E-state index contributed by atoms with van der Waals surface area (Å²) < 4.78 is 0. The maximum atomic E-state index is 6.41. The highest BCUT2D eigenvalue weighted by Crippen LogP contribution is 2.61. The number of hydrogen-bond donors (Lipinski definition) is 1. The van der Waals surface area contributed by atoms with E-state index in [2.05, 4.69) is 57.7 Å². The molecule has 1 aromatic rings. The quantitative estimate of drug-likeness (QED) is 0.801. The fourth-order valence-corrected chi connectivity index (χ4v) is 3.11. The molecule has 96 valence electrons. The van der Waals surface area contributed by atoms with Crippen molar-refractivity contribution in [1.82, 2.24) is 0 Å². The fourth-order valence-electron chi connectivity index (χ4n) is 3.11. The van der Waals surface area contributed by atoms with Crippen LogP contribution in [-0.2, 0) is 11.8 Å². The summed E-state index contributed by atoms with van der Waals surface area (Å²) in [5.74, 6) is 0.523. The lowest BCUT2D eigenvalue weighted by molar-refractivity contribution is 0.607. The van der Waals surface area contributed by atoms with Gasteiger partial charge in [0.15, 0.2) is 0 Å². The van der Waals surface area contributed by atoms with Gasteiger partial charge in [-0.2, -0.15) is 0 Å². The maximum Gasteiger partial charge on any atom is 0.0259 e. The molecule has 3 atom stereocenters. The molecule has 0 aliphatic heterocycles. The summed E-state index contributed by atoms with van der Waals surface area (Å²) >= 11 is 0. The molecule has 2 N–H and O–H groups in total. The van der Waals surface area contributed by atoms with Crippen molar-refractivity contribution in [3.8, 4) is 0 Å². The minimum Gasteiger partial charge on any atom is -0.324 e. The molecule has 0 bridgehead atoms. The third-order valence-electron chi connectivity index (χ3n) is 4.99. The molecule has 1 aliphatic carbocycles. The van der Waals surface area contributed by atoms with E-state index >= 15 is 0 Å². The lowest BCUT2D eigenvalue weighted by atomic mass is 9.87. The molecule has 0 radical (unpaired) electrons. The number of benzene rings is 1. The molecule has 0 amide bonds. The largest absolute Gasteiger partial charge is 0.324 e. The molecule has 0 aromatic heterocycles. The van der Waals surface area contributed by atoms with Crippen molar-refractivity contribution in [3.63, 3.8) is 0 Å². The smallest absolute Gasteiger partial charge is 0.0259 e. The first-order chi connectivity index (χ1) is 8.46. The van der Waals surface area contributed by atoms with E-state index in [4.69, 9.17) is 5.73 Å². The summed E-state index contributed by atoms with van der Waals surface area (Å²) in [5, 5.41) is 0. The van der Waals surface area contributed by atoms with Gasteiger partial charge in [-0.25, -0.2) is 0 Å². The van der Waals surface area contributed by atoms with Crippen LogP contribution in [0.15, 0.2) is 49.1 Å². The highest BCUT2D eigenvalue weighted by Gasteiger charge is 2.67. The van der Waals surface area contributed by atoms with Crippen LogP contribution >= 0.6 is 0 Å². The second-order valence-corrected chi connectivity index (χ2v) is 5.73. The van der Waals surface area contributed by atoms with Crippen LogP contribution < -0.4 is 5.73 Å². The normalized spacial score (nSPS) is 34.8. The number of hydrogen-bond acceptors (Lipinski definition) is 1. The van der Waals surface area contributed by atoms with E-state index in [-0.39, 0.29) is 11.0 Å². The molecule has 1 fully saturated rings. The SMILES string of the molecule is C=C/C=C\Cc1ccccc1C1(C)C(C)C1(C)N. The van der Waals surface area contributed by atoms with Crippen molar-refractivity contribution >= 4 is 0 Å². The lowest BCUT2D eigenvalue weighted by Gasteiger charge is -2.19. The van der Waals surface area contributed by atoms with Gasteiger partial charge in [-0.05, 0) is 30.4 Å². The zero-order chi connectivity index (χ0) is 13.4. The fraction of sp³-hybridized carbons (Fsp3) is 0.412. The third kappa shape index (κ3) is 1.74. The molecule has 1 nitrogen and oxygen atoms in total. The van der Waals surface area contributed by atoms with Gasteiger partial charge in [0, 0.05) is 11.0 Å². The number of rotatable bonds is 4. The van der Waals surface area contributed by atoms with Crippen molar-refractivity contribution in [2.24, 2.45) is 11.7 Å². The Balaban J connectivity index is 2.35. The van der Waals surface area contributed by atoms with Gasteiger partial charge in [-0.1, -0.05) is 62.9 Å². The van der Waals surface area contributed by atoms with Crippen LogP contribution in [0.3, 0.4) is 0 Å². The van der Waals surface area contributed by atoms with Crippen LogP contribution in [0.5, 0.6) is 0 Å². The van der Waals surface area contributed by atoms with E-state index in [1.807, 2.05) is 12.2 Å². The first-order valence-corrected chi connectivity index (χ1v) is 6.61. The van der Waals surface area contributed by atoms with Crippen LogP contribution in [0.1, 0.15) is 31.9 Å². The maximum absolute atomic E-state index is 6.41. The molecule has 2 rings (SSSR count). The average Bonchev–Trinajstić information content (AvgIpc) is 2.75. The van der Waals surface area contributed by atoms with E-state index in [1.54, 1.807) is 0 Å². The molecule has 0 heterocycles. The van der Waals surface area contributed by atoms with E-state index in [9.17, 15) is 0 Å². The molecular weight excluding hydrogens is 218 g/mol. The topological polar surface area (TPSA) is 26.0 Å². The van der Waals surface area contributed by atoms with Crippen molar-refractivity contribution in [2.75, 3.05) is 0 Å². The summed E-state index contributed by atoms with van der Waals surface area (Å²) in [6.45, 7) is 10.4. The van der Waals surface area contributed by atoms with Gasteiger partial charge < -0.3 is 5.73 Å². The summed E-state index contributed by atoms with van der Waals surface area (Å²) in [4.78, 5) is 0. The second kappa shape index (κ2) is 4.40. The van der Waals surface area contributed by atoms with Gasteiger partial charge in [0.1, 0.15) is 0 Å². The summed E-state index contributed by atoms with van der Waals surface area (Å²) in [5.41, 5.74) is 9.19. The standard InChI is InChI=1S/C17H23N/c1-5-6-7-10-14-11-8-9-12-15(14)16(3)13(2)17(16,4)18/h5-9,11-13H,1,10,18H2,2-4H3/b7-6-. The molecule has 0 saturated heterocycles. The lowest BCUT2D eigenvalue weighted by Crippen LogP contribution is -2.28. The van der Waals surface area contributed by atoms with Crippen LogP contribution in [0.4, 0.5) is 0 Å². The number of nitrogens with two attached hydrogens (primary N) is 1. The van der Waals surface area contributed by atoms with Crippen molar-refractivity contribution < 1.29 is 0 Å². The Hall–Kier alpha value is -1.34. The van der Waals surface area contributed by atoms with Gasteiger partial charge in [0.25, 0.3) is 0 Å². The first-order valence-electron chi connectivity index (χ1n) is 6.61. The Morgan fingerprint density at radius 2 is 1.94 bits per heavy atom. The monoisotopic (exact) mass is 241 g/mol. The Labute approximate surface area is 110 Å². The zero-order valence-electron chi connectivity index (χ0n) is 11.6. The molecule has 3 unspecified atom stereocenters. The number of allylic oxidation sites excluding steroid dienone is 3. The summed E-state index contributed by atoms with van der Waals surface area (Å²) in [6, 6.07) is 8.65. The van der Waals surface area contributed by atoms with E-state index < -0.39 is 0 Å². The summed E-state index contributed by atoms with van der Waals surface area (Å²) in [6.07, 6.45) is 6.91. The zero-order valence-corrected chi connectivity index (χ0v) is 11.6. The van der Waals surface area contributed by atoms with Crippen LogP contribution in [-0.4, -0.2) is 5.54 Å². The van der Waals surface area contributed by atoms with Crippen LogP contribution in [0.2, 0.25) is 0 Å². The predicted molar refractivity (Wildman–Crippen MR) is 78.6 cm³/mol. The van der Waals surface area contributed by atoms with Gasteiger partial charge in [-0.3, -0.25) is 0 Å². The molecule has 1 aromatic carbocycles. The molecule has 0 spiro atoms. The van der Waals surface area contributed by atoms with E-state index in [0.717, 1.165) is 6.42 Å². The van der Waals surface area contributed by atoms with Gasteiger partial charge in [-0.15, -0.1) is 0 Å². The van der Waals surface area contributed by atoms with Crippen molar-refractivity contribution in [2.45, 2.75) is 38.1 Å². The second-order valence-electron chi connectivity index (χ2n) is 5.73. The highest BCUT2D eigenvalue weighted by molar-refractivity contribution is 5.47. The molecule has 1 heteroatoms. The van der Waals surface area contributed by atoms with Gasteiger partial charge >= 0.3 is 0 Å². The van der Waals surface area contributed by atoms with E-state index in [1.165, 1.54) is 11.1 Å². The average molecular weight is 241 g/mol. The first kappa shape index (κ1) is 13.1.